The highest BCUT2D eigenvalue weighted by molar-refractivity contribution is 6.30. The molecule has 0 unspecified atom stereocenters. The van der Waals surface area contributed by atoms with Gasteiger partial charge in [0.1, 0.15) is 0 Å². The number of hydrogen-bond acceptors (Lipinski definition) is 1. The molecule has 1 saturated carbocycles. The predicted molar refractivity (Wildman–Crippen MR) is 73.8 cm³/mol. The van der Waals surface area contributed by atoms with Crippen LogP contribution >= 0.6 is 11.6 Å². The number of halogens is 4. The summed E-state index contributed by atoms with van der Waals surface area (Å²) in [5.74, 6) is 0.765. The molecule has 1 aromatic carbocycles. The molecule has 2 fully saturated rings. The van der Waals surface area contributed by atoms with E-state index in [9.17, 15) is 13.2 Å². The van der Waals surface area contributed by atoms with Crippen LogP contribution in [0.5, 0.6) is 0 Å². The van der Waals surface area contributed by atoms with Gasteiger partial charge in [0.15, 0.2) is 0 Å². The van der Waals surface area contributed by atoms with Crippen LogP contribution in [0, 0.1) is 5.92 Å². The zero-order valence-electron chi connectivity index (χ0n) is 11.2. The minimum atomic E-state index is -4.44. The number of epoxide rings is 1. The lowest BCUT2D eigenvalue weighted by Gasteiger charge is -2.19. The Morgan fingerprint density at radius 2 is 2.10 bits per heavy atom. The quantitative estimate of drug-likeness (QED) is 0.511. The number of fused-ring (bicyclic) bond motifs is 3. The van der Waals surface area contributed by atoms with E-state index in [1.54, 1.807) is 25.1 Å². The van der Waals surface area contributed by atoms with Crippen molar-refractivity contribution in [3.05, 3.63) is 40.6 Å². The summed E-state index contributed by atoms with van der Waals surface area (Å²) >= 11 is 5.91. The molecule has 1 aliphatic carbocycles. The molecular formula is C15H12ClF3NO+. The van der Waals surface area contributed by atoms with E-state index in [2.05, 4.69) is 9.36 Å². The van der Waals surface area contributed by atoms with Crippen molar-refractivity contribution in [2.45, 2.75) is 31.5 Å². The first-order valence-electron chi connectivity index (χ1n) is 6.74. The molecule has 2 aliphatic heterocycles. The van der Waals surface area contributed by atoms with Crippen molar-refractivity contribution >= 4 is 23.2 Å². The average Bonchev–Trinajstić information content (AvgIpc) is 3.26. The van der Waals surface area contributed by atoms with Crippen LogP contribution in [-0.2, 0) is 9.97 Å². The Balaban J connectivity index is 1.98. The van der Waals surface area contributed by atoms with Gasteiger partial charge in [-0.1, -0.05) is 11.6 Å². The zero-order valence-corrected chi connectivity index (χ0v) is 11.9. The lowest BCUT2D eigenvalue weighted by molar-refractivity contribution is -0.203. The first-order chi connectivity index (χ1) is 9.85. The molecule has 21 heavy (non-hydrogen) atoms. The van der Waals surface area contributed by atoms with E-state index >= 15 is 0 Å². The second-order valence-electron chi connectivity index (χ2n) is 5.65. The number of rotatable bonds is 1. The highest BCUT2D eigenvalue weighted by Crippen LogP contribution is 2.70. The van der Waals surface area contributed by atoms with Gasteiger partial charge in [-0.2, -0.15) is 18.2 Å². The first-order valence-corrected chi connectivity index (χ1v) is 7.12. The Morgan fingerprint density at radius 3 is 2.71 bits per heavy atom. The normalized spacial score (nSPS) is 29.1. The average molecular weight is 315 g/mol. The maximum atomic E-state index is 13.9. The van der Waals surface area contributed by atoms with Crippen LogP contribution in [0.1, 0.15) is 25.3 Å². The third-order valence-corrected chi connectivity index (χ3v) is 4.39. The molecule has 0 aromatic heterocycles. The fraction of sp³-hybridized carbons (Fsp3) is 0.400. The molecule has 3 aliphatic rings. The lowest BCUT2D eigenvalue weighted by Crippen LogP contribution is -2.35. The molecular weight excluding hydrogens is 303 g/mol. The van der Waals surface area contributed by atoms with Crippen LogP contribution in [0.2, 0.25) is 5.02 Å². The van der Waals surface area contributed by atoms with E-state index in [0.29, 0.717) is 11.6 Å². The Hall–Kier alpha value is -1.49. The molecule has 0 amide bonds. The smallest absolute Gasteiger partial charge is 0.496 e. The van der Waals surface area contributed by atoms with Crippen molar-refractivity contribution < 1.29 is 17.5 Å². The van der Waals surface area contributed by atoms with Gasteiger partial charge in [0, 0.05) is 11.1 Å². The Morgan fingerprint density at radius 1 is 1.38 bits per heavy atom. The molecule has 2 nitrogen and oxygen atoms in total. The molecule has 6 heteroatoms. The van der Waals surface area contributed by atoms with Crippen molar-refractivity contribution in [1.82, 2.24) is 0 Å². The van der Waals surface area contributed by atoms with Crippen molar-refractivity contribution in [3.8, 4) is 0 Å². The summed E-state index contributed by atoms with van der Waals surface area (Å²) in [5.41, 5.74) is -1.70. The fourth-order valence-electron chi connectivity index (χ4n) is 3.04. The monoisotopic (exact) mass is 314 g/mol. The molecule has 1 atom stereocenters. The van der Waals surface area contributed by atoms with Gasteiger partial charge in [0.2, 0.25) is 0 Å². The molecule has 110 valence electrons. The Bertz CT molecular complexity index is 705. The number of benzene rings is 1. The maximum Gasteiger partial charge on any atom is 0.496 e. The molecule has 2 heterocycles. The molecule has 1 aromatic rings. The van der Waals surface area contributed by atoms with Crippen LogP contribution in [0.4, 0.5) is 18.9 Å². The first kappa shape index (κ1) is 13.2. The highest BCUT2D eigenvalue weighted by Gasteiger charge is 2.89. The van der Waals surface area contributed by atoms with Crippen molar-refractivity contribution in [1.29, 1.82) is 0 Å². The van der Waals surface area contributed by atoms with E-state index in [1.807, 2.05) is 0 Å². The van der Waals surface area contributed by atoms with Gasteiger partial charge in [-0.15, -0.1) is 0 Å². The van der Waals surface area contributed by atoms with Gasteiger partial charge in [0.05, 0.1) is 18.2 Å². The topological polar surface area (TPSA) is 15.1 Å². The summed E-state index contributed by atoms with van der Waals surface area (Å²) in [6, 6.07) is 4.47. The summed E-state index contributed by atoms with van der Waals surface area (Å²) in [6.07, 6.45) is -0.822. The summed E-state index contributed by atoms with van der Waals surface area (Å²) in [7, 11) is 0. The van der Waals surface area contributed by atoms with E-state index in [4.69, 9.17) is 11.6 Å². The van der Waals surface area contributed by atoms with E-state index in [-0.39, 0.29) is 22.3 Å². The van der Waals surface area contributed by atoms with E-state index in [1.165, 1.54) is 6.07 Å². The zero-order chi connectivity index (χ0) is 15.0. The van der Waals surface area contributed by atoms with Gasteiger partial charge < -0.3 is 4.37 Å². The summed E-state index contributed by atoms with van der Waals surface area (Å²) < 4.78 is 43.9. The number of aliphatic imine (C=N–C) groups is 1. The van der Waals surface area contributed by atoms with Gasteiger partial charge in [0.25, 0.3) is 0 Å². The number of alkyl halides is 3. The third kappa shape index (κ3) is 1.64. The molecule has 1 saturated heterocycles. The summed E-state index contributed by atoms with van der Waals surface area (Å²) in [5, 5.41) is 0.283. The molecule has 0 N–H and O–H groups in total. The highest BCUT2D eigenvalue weighted by atomic mass is 35.5. The minimum absolute atomic E-state index is 0.102. The van der Waals surface area contributed by atoms with Crippen molar-refractivity contribution in [2.24, 2.45) is 10.9 Å². The predicted octanol–water partition coefficient (Wildman–Crippen LogP) is 5.02. The van der Waals surface area contributed by atoms with Crippen LogP contribution in [0.25, 0.3) is 0 Å². The summed E-state index contributed by atoms with van der Waals surface area (Å²) in [6.45, 7) is 1.58. The third-order valence-electron chi connectivity index (χ3n) is 4.15. The van der Waals surface area contributed by atoms with Gasteiger partial charge in [-0.3, -0.25) is 0 Å². The number of hydrogen-bond donors (Lipinski definition) is 0. The maximum absolute atomic E-state index is 13.9. The Labute approximate surface area is 124 Å². The van der Waals surface area contributed by atoms with Crippen LogP contribution in [-0.4, -0.2) is 12.1 Å². The molecule has 0 bridgehead atoms. The van der Waals surface area contributed by atoms with Crippen LogP contribution in [0.15, 0.2) is 35.0 Å². The fourth-order valence-corrected chi connectivity index (χ4v) is 3.21. The van der Waals surface area contributed by atoms with Crippen molar-refractivity contribution in [3.63, 3.8) is 0 Å². The largest absolute Gasteiger partial charge is 0.497 e. The Kier molecular flexibility index (Phi) is 2.40. The molecule has 0 spiro atoms. The second kappa shape index (κ2) is 3.83. The van der Waals surface area contributed by atoms with Crippen LogP contribution in [0.3, 0.4) is 0 Å². The summed E-state index contributed by atoms with van der Waals surface area (Å²) in [4.78, 5) is 4.25. The lowest BCUT2D eigenvalue weighted by atomic mass is 9.94. The molecule has 4 rings (SSSR count). The molecule has 0 radical (unpaired) electrons. The SMILES string of the molecule is CC1=Nc2ccc(Cl)cc2[C@]2(C(F)(F)F)C(=CC3CC3)[O+]12. The van der Waals surface area contributed by atoms with Gasteiger partial charge in [-0.05, 0) is 37.0 Å². The van der Waals surface area contributed by atoms with E-state index in [0.717, 1.165) is 12.8 Å². The number of allylic oxidation sites excluding steroid dienone is 1. The number of nitrogens with zero attached hydrogens (tertiary/aromatic N) is 1. The minimum Gasteiger partial charge on any atom is -0.497 e. The van der Waals surface area contributed by atoms with E-state index < -0.39 is 11.8 Å². The van der Waals surface area contributed by atoms with Crippen LogP contribution < -0.4 is 0 Å². The van der Waals surface area contributed by atoms with Gasteiger partial charge in [-0.25, -0.2) is 0 Å². The second-order valence-corrected chi connectivity index (χ2v) is 6.08. The van der Waals surface area contributed by atoms with Gasteiger partial charge >= 0.3 is 23.4 Å². The van der Waals surface area contributed by atoms with Crippen molar-refractivity contribution in [2.75, 3.05) is 0 Å². The standard InChI is InChI=1S/C15H12ClF3NO/c1-8-20-12-5-4-10(16)7-11(12)14(15(17,18)19)13(21(8)14)6-9-2-3-9/h4-7,9H,2-3H2,1H3/q+1/t14-/m1/s1.